The first-order chi connectivity index (χ1) is 28.8. The molecule has 9 aliphatic rings. The second-order valence-corrected chi connectivity index (χ2v) is 21.1. The minimum Gasteiger partial charge on any atom is -0.481 e. The number of nitrogens with one attached hydrogen (secondary N) is 1. The first-order valence-electron chi connectivity index (χ1n) is 23.3. The molecular formula is C47H71NO13. The highest BCUT2D eigenvalue weighted by molar-refractivity contribution is 5.66. The number of hydrogen-bond donors (Lipinski definition) is 5. The van der Waals surface area contributed by atoms with Crippen molar-refractivity contribution in [3.8, 4) is 0 Å². The van der Waals surface area contributed by atoms with Crippen LogP contribution in [0.15, 0.2) is 36.0 Å². The van der Waals surface area contributed by atoms with Gasteiger partial charge in [0.2, 0.25) is 0 Å². The fourth-order valence-electron chi connectivity index (χ4n) is 12.8. The summed E-state index contributed by atoms with van der Waals surface area (Å²) in [6, 6.07) is 0. The third-order valence-electron chi connectivity index (χ3n) is 15.9. The van der Waals surface area contributed by atoms with E-state index in [0.717, 1.165) is 31.4 Å². The van der Waals surface area contributed by atoms with E-state index in [1.807, 2.05) is 25.2 Å². The van der Waals surface area contributed by atoms with Crippen molar-refractivity contribution < 1.29 is 63.1 Å². The molecule has 3 spiro atoms. The van der Waals surface area contributed by atoms with E-state index in [9.17, 15) is 20.1 Å². The van der Waals surface area contributed by atoms with E-state index in [4.69, 9.17) is 43.0 Å². The summed E-state index contributed by atoms with van der Waals surface area (Å²) in [4.78, 5) is 11.0. The van der Waals surface area contributed by atoms with E-state index in [2.05, 4.69) is 46.5 Å². The lowest BCUT2D eigenvalue weighted by atomic mass is 9.78. The van der Waals surface area contributed by atoms with Crippen LogP contribution in [0.1, 0.15) is 125 Å². The first-order valence-corrected chi connectivity index (χ1v) is 23.3. The maximum absolute atomic E-state index is 12.2. The van der Waals surface area contributed by atoms with Crippen LogP contribution in [0.5, 0.6) is 0 Å². The summed E-state index contributed by atoms with van der Waals surface area (Å²) < 4.78 is 53.9. The molecule has 0 radical (unpaired) electrons. The quantitative estimate of drug-likeness (QED) is 0.187. The van der Waals surface area contributed by atoms with Crippen molar-refractivity contribution in [3.05, 3.63) is 36.0 Å². The topological polar surface area (TPSA) is 184 Å². The summed E-state index contributed by atoms with van der Waals surface area (Å²) in [5.74, 6) is -4.94. The molecule has 2 bridgehead atoms. The maximum Gasteiger partial charge on any atom is 0.303 e. The lowest BCUT2D eigenvalue weighted by Gasteiger charge is -2.53. The highest BCUT2D eigenvalue weighted by Crippen LogP contribution is 2.56. The normalized spacial score (nSPS) is 52.4. The minimum absolute atomic E-state index is 0.0545. The van der Waals surface area contributed by atoms with Crippen LogP contribution in [0, 0.1) is 29.6 Å². The second kappa shape index (κ2) is 16.3. The predicted octanol–water partition coefficient (Wildman–Crippen LogP) is 5.37. The van der Waals surface area contributed by atoms with Gasteiger partial charge in [0, 0.05) is 76.2 Å². The van der Waals surface area contributed by atoms with Crippen LogP contribution in [0.25, 0.3) is 0 Å². The molecule has 9 rings (SSSR count). The molecule has 0 unspecified atom stereocenters. The van der Waals surface area contributed by atoms with E-state index < -0.39 is 71.3 Å². The number of fused-ring (bicyclic) bond motifs is 5. The van der Waals surface area contributed by atoms with Gasteiger partial charge < -0.3 is 58.3 Å². The summed E-state index contributed by atoms with van der Waals surface area (Å²) in [6.45, 7) is 18.2. The van der Waals surface area contributed by atoms with Gasteiger partial charge >= 0.3 is 5.97 Å². The van der Waals surface area contributed by atoms with E-state index in [1.54, 1.807) is 0 Å². The molecular weight excluding hydrogens is 787 g/mol. The van der Waals surface area contributed by atoms with Crippen molar-refractivity contribution in [2.45, 2.75) is 215 Å². The van der Waals surface area contributed by atoms with Crippen molar-refractivity contribution in [1.82, 2.24) is 5.32 Å². The van der Waals surface area contributed by atoms with Gasteiger partial charge in [0.1, 0.15) is 17.9 Å². The van der Waals surface area contributed by atoms with Gasteiger partial charge in [-0.25, -0.2) is 0 Å². The molecule has 8 saturated heterocycles. The molecule has 9 heterocycles. The molecule has 5 N–H and O–H groups in total. The molecule has 61 heavy (non-hydrogen) atoms. The van der Waals surface area contributed by atoms with Gasteiger partial charge in [-0.2, -0.15) is 0 Å². The Hall–Kier alpha value is -1.79. The number of rotatable bonds is 9. The Labute approximate surface area is 360 Å². The second-order valence-electron chi connectivity index (χ2n) is 21.1. The number of carboxylic acids is 1. The summed E-state index contributed by atoms with van der Waals surface area (Å²) in [5, 5.41) is 48.4. The van der Waals surface area contributed by atoms with Crippen LogP contribution in [0.3, 0.4) is 0 Å². The molecule has 8 fully saturated rings. The fraction of sp³-hybridized carbons (Fsp3) is 0.851. The molecule has 20 atom stereocenters. The van der Waals surface area contributed by atoms with E-state index in [-0.39, 0.29) is 49.3 Å². The largest absolute Gasteiger partial charge is 0.481 e. The third kappa shape index (κ3) is 8.26. The van der Waals surface area contributed by atoms with Crippen molar-refractivity contribution >= 4 is 5.97 Å². The standard InChI is InChI=1S/C47H71NO13/c1-25-15-32(10-8-9-11-39(50)51)55-43(19-25)12-13-47(61-43)30(6)17-34-35(58-47)18-37(54-34)42(52)46(53)22-33(49)31(7)40(60-46)28(4)21-44-20-26(2)16-36(56-44)41-38(57-44)23-45(59-41)29(5)14-27(3)24-48-45/h8,10,15,26-27,29-38,40-42,48-49,52-53H,4,9,11-14,16-24H2,1-3,5-7H3,(H,50,51)/b10-8+/t26-,27+,29-,30+,31-,32+,33-,34+,35+,36-,37-,38+,40+,41+,42+,43+,44-,45-,46+,47+/m0/s1. The number of piperidine rings is 1. The molecule has 0 aromatic carbocycles. The zero-order valence-corrected chi connectivity index (χ0v) is 37.0. The zero-order chi connectivity index (χ0) is 43.3. The maximum atomic E-state index is 12.2. The Morgan fingerprint density at radius 1 is 0.918 bits per heavy atom. The zero-order valence-electron chi connectivity index (χ0n) is 37.0. The summed E-state index contributed by atoms with van der Waals surface area (Å²) in [6.07, 6.45) is 6.93. The van der Waals surface area contributed by atoms with Crippen LogP contribution in [-0.2, 0) is 42.7 Å². The summed E-state index contributed by atoms with van der Waals surface area (Å²) >= 11 is 0. The molecule has 342 valence electrons. The highest BCUT2D eigenvalue weighted by Gasteiger charge is 2.64. The van der Waals surface area contributed by atoms with Gasteiger partial charge in [-0.1, -0.05) is 65.0 Å². The van der Waals surface area contributed by atoms with E-state index >= 15 is 0 Å². The predicted molar refractivity (Wildman–Crippen MR) is 220 cm³/mol. The Balaban J connectivity index is 0.849. The SMILES string of the molecule is C=C(C[C@@]12C[C@@H](C)C[C@H](O1)[C@H]1O[C@]3(C[C@H]1O2)NC[C@H](C)C[C@@H]3C)[C@H]1O[C@@](O)([C@H](O)[C@@H]2C[C@H]3O[C@@]4(CC[C@]5(CC(C)=C[C@@H](/C=C/CCC(=O)O)O5)O4)[C@H](C)C[C@H]3O2)C[C@H](O)[C@@H]1C. The minimum atomic E-state index is -2.12. The van der Waals surface area contributed by atoms with Crippen molar-refractivity contribution in [1.29, 1.82) is 0 Å². The van der Waals surface area contributed by atoms with Crippen LogP contribution >= 0.6 is 0 Å². The van der Waals surface area contributed by atoms with Gasteiger partial charge in [-0.05, 0) is 55.9 Å². The van der Waals surface area contributed by atoms with Crippen LogP contribution < -0.4 is 5.32 Å². The van der Waals surface area contributed by atoms with Gasteiger partial charge in [-0.3, -0.25) is 10.1 Å². The van der Waals surface area contributed by atoms with Gasteiger partial charge in [0.05, 0.1) is 48.8 Å². The number of aliphatic hydroxyl groups is 3. The van der Waals surface area contributed by atoms with Crippen LogP contribution in [0.2, 0.25) is 0 Å². The number of allylic oxidation sites excluding steroid dienone is 1. The number of aliphatic carboxylic acids is 1. The Morgan fingerprint density at radius 2 is 1.70 bits per heavy atom. The summed E-state index contributed by atoms with van der Waals surface area (Å²) in [5.41, 5.74) is 1.33. The van der Waals surface area contributed by atoms with Crippen molar-refractivity contribution in [3.63, 3.8) is 0 Å². The third-order valence-corrected chi connectivity index (χ3v) is 15.9. The van der Waals surface area contributed by atoms with E-state index in [0.29, 0.717) is 74.7 Å². The lowest BCUT2D eigenvalue weighted by molar-refractivity contribution is -0.367. The lowest BCUT2D eigenvalue weighted by Crippen LogP contribution is -2.61. The summed E-state index contributed by atoms with van der Waals surface area (Å²) in [7, 11) is 0. The number of carboxylic acid groups (broad SMARTS) is 1. The smallest absolute Gasteiger partial charge is 0.303 e. The first kappa shape index (κ1) is 44.4. The van der Waals surface area contributed by atoms with Gasteiger partial charge in [0.15, 0.2) is 23.1 Å². The van der Waals surface area contributed by atoms with Crippen molar-refractivity contribution in [2.75, 3.05) is 6.54 Å². The van der Waals surface area contributed by atoms with Crippen LogP contribution in [-0.4, -0.2) is 123 Å². The van der Waals surface area contributed by atoms with Gasteiger partial charge in [-0.15, -0.1) is 0 Å². The van der Waals surface area contributed by atoms with E-state index in [1.165, 1.54) is 0 Å². The average Bonchev–Trinajstić information content (AvgIpc) is 3.86. The number of ether oxygens (including phenoxy) is 8. The molecule has 0 saturated carbocycles. The molecule has 9 aliphatic heterocycles. The number of hydrogen-bond acceptors (Lipinski definition) is 13. The fourth-order valence-corrected chi connectivity index (χ4v) is 12.8. The number of carbonyl (C=O) groups is 1. The molecule has 14 nitrogen and oxygen atoms in total. The molecule has 14 heteroatoms. The molecule has 0 aliphatic carbocycles. The molecule has 0 aromatic heterocycles. The molecule has 0 amide bonds. The van der Waals surface area contributed by atoms with Crippen molar-refractivity contribution in [2.24, 2.45) is 29.6 Å². The van der Waals surface area contributed by atoms with Gasteiger partial charge in [0.25, 0.3) is 0 Å². The molecule has 0 aromatic rings. The Kier molecular flexibility index (Phi) is 11.8. The Bertz CT molecular complexity index is 1740. The monoisotopic (exact) mass is 857 g/mol. The highest BCUT2D eigenvalue weighted by atomic mass is 16.8. The average molecular weight is 858 g/mol. The van der Waals surface area contributed by atoms with Crippen LogP contribution in [0.4, 0.5) is 0 Å². The number of aliphatic hydroxyl groups excluding tert-OH is 2. The Morgan fingerprint density at radius 3 is 2.48 bits per heavy atom.